The van der Waals surface area contributed by atoms with E-state index in [4.69, 9.17) is 5.11 Å². The third kappa shape index (κ3) is 2.11. The van der Waals surface area contributed by atoms with Gasteiger partial charge in [0.1, 0.15) is 0 Å². The lowest BCUT2D eigenvalue weighted by atomic mass is 10.7. The van der Waals surface area contributed by atoms with Crippen LogP contribution >= 0.6 is 11.9 Å². The van der Waals surface area contributed by atoms with E-state index in [-0.39, 0.29) is 0 Å². The zero-order valence-corrected chi connectivity index (χ0v) is 5.65. The number of carboxylic acid groups (broad SMARTS) is 1. The topological polar surface area (TPSA) is 52.6 Å². The summed E-state index contributed by atoms with van der Waals surface area (Å²) in [5.74, 6) is 1.11. The van der Waals surface area contributed by atoms with Gasteiger partial charge in [-0.25, -0.2) is 9.10 Å². The number of rotatable bonds is 2. The molecule has 0 saturated carbocycles. The van der Waals surface area contributed by atoms with Crippen LogP contribution in [-0.2, 0) is 0 Å². The van der Waals surface area contributed by atoms with E-state index >= 15 is 0 Å². The van der Waals surface area contributed by atoms with Gasteiger partial charge in [0.2, 0.25) is 0 Å². The Morgan fingerprint density at radius 3 is 2.89 bits per heavy atom. The highest BCUT2D eigenvalue weighted by Crippen LogP contribution is 2.17. The van der Waals surface area contributed by atoms with E-state index in [2.05, 4.69) is 5.32 Å². The average molecular weight is 148 g/mol. The fourth-order valence-corrected chi connectivity index (χ4v) is 1.10. The summed E-state index contributed by atoms with van der Waals surface area (Å²) in [6.07, 6.45) is -0.956. The number of nitrogens with zero attached hydrogens (tertiary/aromatic N) is 1. The van der Waals surface area contributed by atoms with E-state index in [0.29, 0.717) is 6.67 Å². The molecule has 0 spiro atoms. The van der Waals surface area contributed by atoms with Gasteiger partial charge in [0.15, 0.2) is 0 Å². The largest absolute Gasteiger partial charge is 0.465 e. The summed E-state index contributed by atoms with van der Waals surface area (Å²) in [5, 5.41) is 10.4. The first kappa shape index (κ1) is 6.70. The molecule has 1 aliphatic rings. The molecule has 5 heteroatoms. The van der Waals surface area contributed by atoms with Crippen molar-refractivity contribution in [3.63, 3.8) is 0 Å². The van der Waals surface area contributed by atoms with Gasteiger partial charge in [-0.15, -0.1) is 0 Å². The van der Waals surface area contributed by atoms with Gasteiger partial charge in [0.05, 0.1) is 6.67 Å². The van der Waals surface area contributed by atoms with Crippen molar-refractivity contribution in [2.24, 2.45) is 0 Å². The molecular weight excluding hydrogens is 140 g/mol. The number of hydrogen-bond donors (Lipinski definition) is 2. The summed E-state index contributed by atoms with van der Waals surface area (Å²) in [5.41, 5.74) is 0. The lowest BCUT2D eigenvalue weighted by Gasteiger charge is -2.28. The summed E-state index contributed by atoms with van der Waals surface area (Å²) >= 11 is 1.65. The Morgan fingerprint density at radius 2 is 2.56 bits per heavy atom. The van der Waals surface area contributed by atoms with Crippen LogP contribution in [-0.4, -0.2) is 34.5 Å². The highest BCUT2D eigenvalue weighted by Gasteiger charge is 2.14. The van der Waals surface area contributed by atoms with Gasteiger partial charge >= 0.3 is 6.09 Å². The summed E-state index contributed by atoms with van der Waals surface area (Å²) < 4.78 is 1.95. The molecule has 1 amide bonds. The lowest BCUT2D eigenvalue weighted by Crippen LogP contribution is -2.39. The standard InChI is InChI=1S/C4H8N2O2S/c7-4(8)5-3-6-1-2-9-6/h5H,1-3H2,(H,7,8). The van der Waals surface area contributed by atoms with Crippen LogP contribution in [0.2, 0.25) is 0 Å². The fourth-order valence-electron chi connectivity index (χ4n) is 0.501. The number of nitrogens with one attached hydrogen (secondary N) is 1. The molecule has 1 fully saturated rings. The summed E-state index contributed by atoms with van der Waals surface area (Å²) in [7, 11) is 0. The first-order valence-electron chi connectivity index (χ1n) is 2.63. The number of hydrogen-bond acceptors (Lipinski definition) is 3. The molecule has 9 heavy (non-hydrogen) atoms. The zero-order valence-electron chi connectivity index (χ0n) is 4.83. The molecule has 1 saturated heterocycles. The van der Waals surface area contributed by atoms with E-state index in [9.17, 15) is 4.79 Å². The molecule has 1 aliphatic heterocycles. The second kappa shape index (κ2) is 2.93. The summed E-state index contributed by atoms with van der Waals surface area (Å²) in [6.45, 7) is 1.44. The minimum atomic E-state index is -0.956. The highest BCUT2D eigenvalue weighted by molar-refractivity contribution is 7.98. The van der Waals surface area contributed by atoms with Crippen LogP contribution < -0.4 is 5.32 Å². The van der Waals surface area contributed by atoms with Crippen molar-refractivity contribution in [1.82, 2.24) is 9.62 Å². The van der Waals surface area contributed by atoms with Crippen molar-refractivity contribution < 1.29 is 9.90 Å². The first-order valence-corrected chi connectivity index (χ1v) is 3.58. The Balaban J connectivity index is 1.97. The second-order valence-corrected chi connectivity index (χ2v) is 2.86. The second-order valence-electron chi connectivity index (χ2n) is 1.68. The normalized spacial score (nSPS) is 18.7. The fraction of sp³-hybridized carbons (Fsp3) is 0.750. The molecule has 52 valence electrons. The van der Waals surface area contributed by atoms with Gasteiger partial charge in [-0.3, -0.25) is 0 Å². The van der Waals surface area contributed by atoms with Crippen LogP contribution in [0.15, 0.2) is 0 Å². The molecule has 0 unspecified atom stereocenters. The summed E-state index contributed by atoms with van der Waals surface area (Å²) in [6, 6.07) is 0. The van der Waals surface area contributed by atoms with Crippen molar-refractivity contribution in [3.8, 4) is 0 Å². The van der Waals surface area contributed by atoms with Gasteiger partial charge < -0.3 is 10.4 Å². The van der Waals surface area contributed by atoms with Crippen molar-refractivity contribution in [3.05, 3.63) is 0 Å². The molecule has 0 atom stereocenters. The van der Waals surface area contributed by atoms with Crippen LogP contribution in [0.4, 0.5) is 4.79 Å². The molecule has 0 aromatic heterocycles. The minimum absolute atomic E-state index is 0.444. The van der Waals surface area contributed by atoms with Crippen LogP contribution in [0.25, 0.3) is 0 Å². The zero-order chi connectivity index (χ0) is 6.69. The lowest BCUT2D eigenvalue weighted by molar-refractivity contribution is 0.190. The molecule has 0 aromatic rings. The van der Waals surface area contributed by atoms with Crippen LogP contribution in [0.1, 0.15) is 0 Å². The Kier molecular flexibility index (Phi) is 2.18. The van der Waals surface area contributed by atoms with Crippen LogP contribution in [0, 0.1) is 0 Å². The molecule has 1 heterocycles. The quantitative estimate of drug-likeness (QED) is 0.548. The third-order valence-electron chi connectivity index (χ3n) is 1.02. The number of amides is 1. The van der Waals surface area contributed by atoms with Crippen LogP contribution in [0.5, 0.6) is 0 Å². The Bertz CT molecular complexity index is 115. The van der Waals surface area contributed by atoms with Crippen molar-refractivity contribution >= 4 is 18.0 Å². The van der Waals surface area contributed by atoms with E-state index in [1.54, 1.807) is 11.9 Å². The van der Waals surface area contributed by atoms with Gasteiger partial charge in [-0.1, -0.05) is 11.9 Å². The van der Waals surface area contributed by atoms with E-state index in [1.807, 2.05) is 4.31 Å². The Labute approximate surface area is 57.4 Å². The molecule has 0 aliphatic carbocycles. The maximum Gasteiger partial charge on any atom is 0.405 e. The maximum atomic E-state index is 9.90. The summed E-state index contributed by atoms with van der Waals surface area (Å²) in [4.78, 5) is 9.90. The molecule has 0 bridgehead atoms. The molecular formula is C4H8N2O2S. The maximum absolute atomic E-state index is 9.90. The van der Waals surface area contributed by atoms with Crippen LogP contribution in [0.3, 0.4) is 0 Å². The molecule has 1 rings (SSSR count). The Morgan fingerprint density at radius 1 is 1.89 bits per heavy atom. The predicted molar refractivity (Wildman–Crippen MR) is 35.2 cm³/mol. The first-order chi connectivity index (χ1) is 4.29. The van der Waals surface area contributed by atoms with Crippen molar-refractivity contribution in [2.75, 3.05) is 19.0 Å². The SMILES string of the molecule is O=C(O)NCN1CCS1. The van der Waals surface area contributed by atoms with Gasteiger partial charge in [0.25, 0.3) is 0 Å². The van der Waals surface area contributed by atoms with E-state index < -0.39 is 6.09 Å². The van der Waals surface area contributed by atoms with E-state index in [1.165, 1.54) is 0 Å². The van der Waals surface area contributed by atoms with Gasteiger partial charge in [-0.05, 0) is 0 Å². The monoisotopic (exact) mass is 148 g/mol. The smallest absolute Gasteiger partial charge is 0.405 e. The average Bonchev–Trinajstić information content (AvgIpc) is 1.60. The highest BCUT2D eigenvalue weighted by atomic mass is 32.2. The third-order valence-corrected chi connectivity index (χ3v) is 2.06. The van der Waals surface area contributed by atoms with E-state index in [0.717, 1.165) is 12.3 Å². The van der Waals surface area contributed by atoms with Crippen molar-refractivity contribution in [2.45, 2.75) is 0 Å². The predicted octanol–water partition coefficient (Wildman–Crippen LogP) is 0.175. The molecule has 0 radical (unpaired) electrons. The minimum Gasteiger partial charge on any atom is -0.465 e. The number of carbonyl (C=O) groups is 1. The molecule has 4 nitrogen and oxygen atoms in total. The van der Waals surface area contributed by atoms with Gasteiger partial charge in [-0.2, -0.15) is 0 Å². The molecule has 0 aromatic carbocycles. The van der Waals surface area contributed by atoms with Gasteiger partial charge in [0, 0.05) is 12.3 Å². The molecule has 2 N–H and O–H groups in total. The van der Waals surface area contributed by atoms with Crippen molar-refractivity contribution in [1.29, 1.82) is 0 Å². The Hall–Kier alpha value is -0.420.